The zero-order valence-electron chi connectivity index (χ0n) is 20.1. The molecule has 0 N–H and O–H groups in total. The summed E-state index contributed by atoms with van der Waals surface area (Å²) in [6.07, 6.45) is 7.95. The van der Waals surface area contributed by atoms with Crippen LogP contribution in [0.15, 0.2) is 73.2 Å². The van der Waals surface area contributed by atoms with Gasteiger partial charge in [-0.3, -0.25) is 0 Å². The Morgan fingerprint density at radius 2 is 1.86 bits per heavy atom. The molecule has 10 heteroatoms. The second kappa shape index (κ2) is 10.1. The van der Waals surface area contributed by atoms with Crippen LogP contribution in [0.5, 0.6) is 0 Å². The van der Waals surface area contributed by atoms with E-state index in [0.29, 0.717) is 29.1 Å². The smallest absolute Gasteiger partial charge is 0.351 e. The molecule has 5 rings (SSSR count). The number of carbonyl (C=O) groups is 1. The maximum atomic E-state index is 11.3. The molecule has 0 aliphatic carbocycles. The second-order valence-corrected chi connectivity index (χ2v) is 8.19. The van der Waals surface area contributed by atoms with Crippen molar-refractivity contribution in [3.05, 3.63) is 89.9 Å². The van der Waals surface area contributed by atoms with Gasteiger partial charge in [-0.1, -0.05) is 35.4 Å². The van der Waals surface area contributed by atoms with E-state index < -0.39 is 5.97 Å². The van der Waals surface area contributed by atoms with Crippen LogP contribution in [0.1, 0.15) is 16.7 Å². The Kier molecular flexibility index (Phi) is 6.42. The van der Waals surface area contributed by atoms with Gasteiger partial charge in [0.25, 0.3) is 5.65 Å². The van der Waals surface area contributed by atoms with Crippen LogP contribution < -0.4 is 4.57 Å². The first kappa shape index (κ1) is 23.4. The number of rotatable bonds is 6. The Labute approximate surface area is 212 Å². The number of hydrogen-bond donors (Lipinski definition) is 0. The van der Waals surface area contributed by atoms with Gasteiger partial charge in [-0.05, 0) is 29.8 Å². The van der Waals surface area contributed by atoms with Crippen LogP contribution in [-0.2, 0) is 23.1 Å². The summed E-state index contributed by atoms with van der Waals surface area (Å²) in [5, 5.41) is 17.8. The van der Waals surface area contributed by atoms with Crippen molar-refractivity contribution in [2.45, 2.75) is 6.54 Å². The van der Waals surface area contributed by atoms with Gasteiger partial charge in [0.15, 0.2) is 11.5 Å². The Morgan fingerprint density at radius 1 is 1.08 bits per heavy atom. The molecule has 0 saturated carbocycles. The number of benzene rings is 2. The molecular formula is C27H21N8O2+. The number of aromatic nitrogens is 7. The van der Waals surface area contributed by atoms with E-state index in [0.717, 1.165) is 28.0 Å². The van der Waals surface area contributed by atoms with Gasteiger partial charge in [-0.2, -0.15) is 5.26 Å². The third kappa shape index (κ3) is 4.92. The van der Waals surface area contributed by atoms with Gasteiger partial charge in [0.1, 0.15) is 6.54 Å². The zero-order valence-corrected chi connectivity index (χ0v) is 20.1. The molecule has 0 amide bonds. The molecule has 0 unspecified atom stereocenters. The van der Waals surface area contributed by atoms with E-state index in [1.165, 1.54) is 13.2 Å². The molecule has 0 saturated heterocycles. The lowest BCUT2D eigenvalue weighted by molar-refractivity contribution is -0.637. The summed E-state index contributed by atoms with van der Waals surface area (Å²) in [6.45, 7) is 0.460. The van der Waals surface area contributed by atoms with Gasteiger partial charge in [-0.15, -0.1) is 4.68 Å². The molecule has 37 heavy (non-hydrogen) atoms. The maximum absolute atomic E-state index is 11.3. The molecule has 0 radical (unpaired) electrons. The third-order valence-corrected chi connectivity index (χ3v) is 5.77. The van der Waals surface area contributed by atoms with E-state index >= 15 is 0 Å². The van der Waals surface area contributed by atoms with Crippen LogP contribution >= 0.6 is 0 Å². The van der Waals surface area contributed by atoms with Crippen molar-refractivity contribution in [2.24, 2.45) is 7.05 Å². The molecule has 0 aliphatic rings. The van der Waals surface area contributed by atoms with E-state index in [2.05, 4.69) is 36.1 Å². The highest BCUT2D eigenvalue weighted by Crippen LogP contribution is 2.20. The second-order valence-electron chi connectivity index (χ2n) is 8.19. The van der Waals surface area contributed by atoms with Crippen molar-refractivity contribution in [2.75, 3.05) is 7.11 Å². The Bertz CT molecular complexity index is 1680. The van der Waals surface area contributed by atoms with Crippen molar-refractivity contribution in [1.82, 2.24) is 29.9 Å². The number of nitriles is 1. The largest absolute Gasteiger partial charge is 0.466 e. The standard InChI is InChI=1S/C27H21N8O2/c1-34-23(21-7-3-5-18(11-21)13-28)16-31-26-27(34)35(33-32-26)17-19-6-4-8-22(12-19)25-29-14-20(15-30-25)9-10-24(36)37-2/h3-12,14-16H,17H2,1-2H3/q+1. The third-order valence-electron chi connectivity index (χ3n) is 5.77. The minimum absolute atomic E-state index is 0.441. The summed E-state index contributed by atoms with van der Waals surface area (Å²) in [4.78, 5) is 24.6. The molecule has 0 fully saturated rings. The van der Waals surface area contributed by atoms with Crippen molar-refractivity contribution in [3.8, 4) is 28.7 Å². The zero-order chi connectivity index (χ0) is 25.8. The average molecular weight is 490 g/mol. The van der Waals surface area contributed by atoms with Crippen molar-refractivity contribution >= 4 is 23.3 Å². The van der Waals surface area contributed by atoms with Gasteiger partial charge in [0.2, 0.25) is 0 Å². The van der Waals surface area contributed by atoms with Gasteiger partial charge in [0, 0.05) is 40.4 Å². The predicted octanol–water partition coefficient (Wildman–Crippen LogP) is 2.88. The fourth-order valence-electron chi connectivity index (χ4n) is 3.94. The summed E-state index contributed by atoms with van der Waals surface area (Å²) < 4.78 is 8.37. The molecule has 0 spiro atoms. The fraction of sp³-hybridized carbons (Fsp3) is 0.111. The molecule has 10 nitrogen and oxygen atoms in total. The topological polar surface area (TPSA) is 123 Å². The lowest BCUT2D eigenvalue weighted by atomic mass is 10.1. The SMILES string of the molecule is COC(=O)C=Cc1cnc(-c2cccc(Cn3nnc4ncc(-c5cccc(C#N)c5)[n+](C)c43)c2)nc1. The van der Waals surface area contributed by atoms with Crippen LogP contribution in [-0.4, -0.2) is 43.0 Å². The van der Waals surface area contributed by atoms with Crippen LogP contribution in [0.2, 0.25) is 0 Å². The molecule has 3 aromatic heterocycles. The molecule has 0 atom stereocenters. The summed E-state index contributed by atoms with van der Waals surface area (Å²) in [5.41, 5.74) is 6.11. The number of nitrogens with zero attached hydrogens (tertiary/aromatic N) is 8. The Balaban J connectivity index is 1.43. The molecule has 0 bridgehead atoms. The highest BCUT2D eigenvalue weighted by atomic mass is 16.5. The number of hydrogen-bond acceptors (Lipinski definition) is 8. The van der Waals surface area contributed by atoms with Gasteiger partial charge in [-0.25, -0.2) is 24.3 Å². The van der Waals surface area contributed by atoms with Crippen molar-refractivity contribution in [1.29, 1.82) is 5.26 Å². The average Bonchev–Trinajstić information content (AvgIpc) is 3.35. The van der Waals surface area contributed by atoms with E-state index in [1.807, 2.05) is 54.1 Å². The number of fused-ring (bicyclic) bond motifs is 1. The van der Waals surface area contributed by atoms with E-state index in [1.54, 1.807) is 35.4 Å². The van der Waals surface area contributed by atoms with Crippen LogP contribution in [0.25, 0.3) is 40.0 Å². The first-order chi connectivity index (χ1) is 18.1. The summed E-state index contributed by atoms with van der Waals surface area (Å²) in [6, 6.07) is 17.4. The fourth-order valence-corrected chi connectivity index (χ4v) is 3.94. The normalized spacial score (nSPS) is 11.1. The van der Waals surface area contributed by atoms with Crippen molar-refractivity contribution < 1.29 is 14.1 Å². The summed E-state index contributed by atoms with van der Waals surface area (Å²) in [5.74, 6) is 0.121. The van der Waals surface area contributed by atoms with Crippen molar-refractivity contribution in [3.63, 3.8) is 0 Å². The van der Waals surface area contributed by atoms with E-state index in [-0.39, 0.29) is 0 Å². The lowest BCUT2D eigenvalue weighted by Crippen LogP contribution is -2.34. The van der Waals surface area contributed by atoms with Gasteiger partial charge < -0.3 is 4.74 Å². The molecule has 0 aliphatic heterocycles. The molecule has 180 valence electrons. The molecule has 3 heterocycles. The maximum Gasteiger partial charge on any atom is 0.351 e. The highest BCUT2D eigenvalue weighted by Gasteiger charge is 2.21. The van der Waals surface area contributed by atoms with Crippen LogP contribution in [0.4, 0.5) is 0 Å². The number of methoxy groups -OCH3 is 1. The number of carbonyl (C=O) groups excluding carboxylic acids is 1. The minimum atomic E-state index is -0.441. The minimum Gasteiger partial charge on any atom is -0.466 e. The summed E-state index contributed by atoms with van der Waals surface area (Å²) >= 11 is 0. The van der Waals surface area contributed by atoms with E-state index in [9.17, 15) is 10.1 Å². The molecule has 2 aromatic carbocycles. The van der Waals surface area contributed by atoms with E-state index in [4.69, 9.17) is 0 Å². The Morgan fingerprint density at radius 3 is 2.65 bits per heavy atom. The lowest BCUT2D eigenvalue weighted by Gasteiger charge is -2.06. The molecule has 5 aromatic rings. The number of esters is 1. The number of ether oxygens (including phenoxy) is 1. The number of aryl methyl sites for hydroxylation is 1. The Hall–Kier alpha value is -5.30. The van der Waals surface area contributed by atoms with Crippen LogP contribution in [0, 0.1) is 11.3 Å². The predicted molar refractivity (Wildman–Crippen MR) is 134 cm³/mol. The van der Waals surface area contributed by atoms with Gasteiger partial charge >= 0.3 is 11.6 Å². The van der Waals surface area contributed by atoms with Gasteiger partial charge in [0.05, 0.1) is 32.0 Å². The quantitative estimate of drug-likeness (QED) is 0.203. The first-order valence-corrected chi connectivity index (χ1v) is 11.3. The highest BCUT2D eigenvalue weighted by molar-refractivity contribution is 5.86. The summed E-state index contributed by atoms with van der Waals surface area (Å²) in [7, 11) is 3.25. The molecular weight excluding hydrogens is 468 g/mol. The van der Waals surface area contributed by atoms with Crippen LogP contribution in [0.3, 0.4) is 0 Å². The monoisotopic (exact) mass is 489 g/mol. The first-order valence-electron chi connectivity index (χ1n) is 11.3.